The highest BCUT2D eigenvalue weighted by Gasteiger charge is 2.16. The fraction of sp³-hybridized carbons (Fsp3) is 0.571. The molecular formula is C14H20BrClF2N2. The summed E-state index contributed by atoms with van der Waals surface area (Å²) in [6.07, 6.45) is -1.56. The number of hydrogen-bond acceptors (Lipinski definition) is 2. The highest BCUT2D eigenvalue weighted by atomic mass is 79.9. The third kappa shape index (κ3) is 6.04. The van der Waals surface area contributed by atoms with Gasteiger partial charge in [-0.15, -0.1) is 0 Å². The van der Waals surface area contributed by atoms with E-state index in [-0.39, 0.29) is 12.6 Å². The van der Waals surface area contributed by atoms with E-state index < -0.39 is 6.43 Å². The molecule has 114 valence electrons. The number of halogens is 4. The van der Waals surface area contributed by atoms with E-state index in [1.807, 2.05) is 25.1 Å². The lowest BCUT2D eigenvalue weighted by Crippen LogP contribution is -2.30. The van der Waals surface area contributed by atoms with Crippen LogP contribution in [0.25, 0.3) is 0 Å². The van der Waals surface area contributed by atoms with Crippen LogP contribution in [0.2, 0.25) is 5.02 Å². The van der Waals surface area contributed by atoms with Crippen molar-refractivity contribution in [3.63, 3.8) is 0 Å². The van der Waals surface area contributed by atoms with E-state index in [1.165, 1.54) is 0 Å². The van der Waals surface area contributed by atoms with Gasteiger partial charge in [0.2, 0.25) is 0 Å². The molecule has 0 aliphatic heterocycles. The summed E-state index contributed by atoms with van der Waals surface area (Å²) in [5, 5.41) is 4.04. The number of nitrogens with zero attached hydrogens (tertiary/aromatic N) is 1. The van der Waals surface area contributed by atoms with Crippen LogP contribution in [0, 0.1) is 0 Å². The molecule has 6 heteroatoms. The van der Waals surface area contributed by atoms with Crippen LogP contribution >= 0.6 is 27.5 Å². The Bertz CT molecular complexity index is 418. The quantitative estimate of drug-likeness (QED) is 0.733. The molecular weight excluding hydrogens is 350 g/mol. The maximum Gasteiger partial charge on any atom is 0.251 e. The Morgan fingerprint density at radius 3 is 2.65 bits per heavy atom. The van der Waals surface area contributed by atoms with Gasteiger partial charge in [-0.2, -0.15) is 0 Å². The van der Waals surface area contributed by atoms with Gasteiger partial charge in [0.15, 0.2) is 0 Å². The molecule has 1 rings (SSSR count). The molecule has 20 heavy (non-hydrogen) atoms. The van der Waals surface area contributed by atoms with Crippen LogP contribution in [-0.4, -0.2) is 38.0 Å². The zero-order chi connectivity index (χ0) is 15.1. The smallest absolute Gasteiger partial charge is 0.251 e. The predicted octanol–water partition coefficient (Wildman–Crippen LogP) is 4.34. The number of nitrogens with one attached hydrogen (secondary N) is 1. The highest BCUT2D eigenvalue weighted by Crippen LogP contribution is 2.28. The lowest BCUT2D eigenvalue weighted by atomic mass is 10.0. The Balaban J connectivity index is 2.68. The van der Waals surface area contributed by atoms with Gasteiger partial charge in [-0.3, -0.25) is 0 Å². The maximum absolute atomic E-state index is 12.3. The molecule has 1 aromatic carbocycles. The monoisotopic (exact) mass is 368 g/mol. The minimum absolute atomic E-state index is 0.0701. The third-order valence-electron chi connectivity index (χ3n) is 3.04. The number of benzene rings is 1. The summed E-state index contributed by atoms with van der Waals surface area (Å²) in [5.41, 5.74) is 1.00. The second-order valence-electron chi connectivity index (χ2n) is 4.72. The van der Waals surface area contributed by atoms with Crippen LogP contribution in [0.5, 0.6) is 0 Å². The number of rotatable bonds is 8. The van der Waals surface area contributed by atoms with Crippen LogP contribution in [0.3, 0.4) is 0 Å². The normalized spacial score (nSPS) is 13.2. The van der Waals surface area contributed by atoms with Crippen molar-refractivity contribution in [1.29, 1.82) is 0 Å². The van der Waals surface area contributed by atoms with Gasteiger partial charge in [0.1, 0.15) is 0 Å². The van der Waals surface area contributed by atoms with Crippen molar-refractivity contribution in [3.05, 3.63) is 33.3 Å². The van der Waals surface area contributed by atoms with Gasteiger partial charge < -0.3 is 10.2 Å². The summed E-state index contributed by atoms with van der Waals surface area (Å²) < 4.78 is 25.5. The SMILES string of the molecule is CCNC(CCN(C)CC(F)F)c1ccc(Br)cc1Cl. The molecule has 0 saturated carbocycles. The first-order valence-electron chi connectivity index (χ1n) is 6.59. The van der Waals surface area contributed by atoms with Gasteiger partial charge in [-0.1, -0.05) is 40.5 Å². The van der Waals surface area contributed by atoms with Crippen LogP contribution < -0.4 is 5.32 Å². The topological polar surface area (TPSA) is 15.3 Å². The molecule has 0 saturated heterocycles. The van der Waals surface area contributed by atoms with Gasteiger partial charge in [0, 0.05) is 15.5 Å². The Morgan fingerprint density at radius 1 is 1.40 bits per heavy atom. The zero-order valence-electron chi connectivity index (χ0n) is 11.7. The Hall–Kier alpha value is -0.230. The van der Waals surface area contributed by atoms with Crippen LogP contribution in [-0.2, 0) is 0 Å². The van der Waals surface area contributed by atoms with E-state index in [9.17, 15) is 8.78 Å². The molecule has 0 aromatic heterocycles. The van der Waals surface area contributed by atoms with Crippen LogP contribution in [0.1, 0.15) is 24.9 Å². The average Bonchev–Trinajstić information content (AvgIpc) is 2.34. The van der Waals surface area contributed by atoms with Gasteiger partial charge in [0.05, 0.1) is 6.54 Å². The van der Waals surface area contributed by atoms with Crippen molar-refractivity contribution in [2.24, 2.45) is 0 Å². The van der Waals surface area contributed by atoms with Crippen molar-refractivity contribution in [3.8, 4) is 0 Å². The van der Waals surface area contributed by atoms with Gasteiger partial charge in [-0.25, -0.2) is 8.78 Å². The molecule has 2 nitrogen and oxygen atoms in total. The maximum atomic E-state index is 12.3. The second-order valence-corrected chi connectivity index (χ2v) is 6.04. The summed E-state index contributed by atoms with van der Waals surface area (Å²) in [6.45, 7) is 3.21. The average molecular weight is 370 g/mol. The molecule has 1 N–H and O–H groups in total. The highest BCUT2D eigenvalue weighted by molar-refractivity contribution is 9.10. The number of alkyl halides is 2. The zero-order valence-corrected chi connectivity index (χ0v) is 14.0. The summed E-state index contributed by atoms with van der Waals surface area (Å²) in [6, 6.07) is 5.83. The fourth-order valence-electron chi connectivity index (χ4n) is 2.07. The molecule has 0 bridgehead atoms. The predicted molar refractivity (Wildman–Crippen MR) is 83.7 cm³/mol. The van der Waals surface area contributed by atoms with Gasteiger partial charge >= 0.3 is 0 Å². The van der Waals surface area contributed by atoms with Gasteiger partial charge in [0.25, 0.3) is 6.43 Å². The second kappa shape index (κ2) is 8.93. The first-order valence-corrected chi connectivity index (χ1v) is 7.76. The van der Waals surface area contributed by atoms with Crippen LogP contribution in [0.4, 0.5) is 8.78 Å². The van der Waals surface area contributed by atoms with Crippen molar-refractivity contribution in [1.82, 2.24) is 10.2 Å². The number of hydrogen-bond donors (Lipinski definition) is 1. The Labute approximate surface area is 132 Å². The van der Waals surface area contributed by atoms with E-state index in [1.54, 1.807) is 11.9 Å². The van der Waals surface area contributed by atoms with Crippen molar-refractivity contribution in [2.45, 2.75) is 25.8 Å². The summed E-state index contributed by atoms with van der Waals surface area (Å²) in [7, 11) is 1.71. The van der Waals surface area contributed by atoms with E-state index in [4.69, 9.17) is 11.6 Å². The Morgan fingerprint density at radius 2 is 2.10 bits per heavy atom. The summed E-state index contributed by atoms with van der Waals surface area (Å²) in [4.78, 5) is 1.64. The largest absolute Gasteiger partial charge is 0.310 e. The molecule has 1 aromatic rings. The lowest BCUT2D eigenvalue weighted by Gasteiger charge is -2.23. The molecule has 0 amide bonds. The minimum atomic E-state index is -2.30. The molecule has 0 fully saturated rings. The molecule has 0 heterocycles. The lowest BCUT2D eigenvalue weighted by molar-refractivity contribution is 0.0985. The first-order chi connectivity index (χ1) is 9.43. The van der Waals surface area contributed by atoms with E-state index >= 15 is 0 Å². The fourth-order valence-corrected chi connectivity index (χ4v) is 2.88. The van der Waals surface area contributed by atoms with Crippen LogP contribution in [0.15, 0.2) is 22.7 Å². The Kier molecular flexibility index (Phi) is 7.95. The summed E-state index contributed by atoms with van der Waals surface area (Å²) in [5.74, 6) is 0. The minimum Gasteiger partial charge on any atom is -0.310 e. The van der Waals surface area contributed by atoms with E-state index in [0.29, 0.717) is 11.6 Å². The van der Waals surface area contributed by atoms with Gasteiger partial charge in [-0.05, 0) is 44.3 Å². The molecule has 1 unspecified atom stereocenters. The van der Waals surface area contributed by atoms with E-state index in [0.717, 1.165) is 23.0 Å². The molecule has 1 atom stereocenters. The van der Waals surface area contributed by atoms with Crippen molar-refractivity contribution < 1.29 is 8.78 Å². The molecule has 0 aliphatic rings. The van der Waals surface area contributed by atoms with Crippen molar-refractivity contribution >= 4 is 27.5 Å². The standard InChI is InChI=1S/C14H20BrClF2N2/c1-3-19-13(6-7-20(2)9-14(17)18)11-5-4-10(15)8-12(11)16/h4-5,8,13-14,19H,3,6-7,9H2,1-2H3. The molecule has 0 radical (unpaired) electrons. The van der Waals surface area contributed by atoms with E-state index in [2.05, 4.69) is 21.2 Å². The molecule has 0 aliphatic carbocycles. The first kappa shape index (κ1) is 17.8. The summed E-state index contributed by atoms with van der Waals surface area (Å²) >= 11 is 9.63. The third-order valence-corrected chi connectivity index (χ3v) is 3.86. The van der Waals surface area contributed by atoms with Crippen molar-refractivity contribution in [2.75, 3.05) is 26.7 Å². The molecule has 0 spiro atoms.